The second kappa shape index (κ2) is 5.17. The van der Waals surface area contributed by atoms with E-state index in [-0.39, 0.29) is 5.60 Å². The Bertz CT molecular complexity index is 335. The number of hydrogen-bond acceptors (Lipinski definition) is 3. The number of hydrogen-bond donors (Lipinski definition) is 1. The van der Waals surface area contributed by atoms with Crippen LogP contribution in [-0.4, -0.2) is 19.3 Å². The maximum atomic E-state index is 5.57. The van der Waals surface area contributed by atoms with Gasteiger partial charge >= 0.3 is 0 Å². The molecule has 4 heteroatoms. The van der Waals surface area contributed by atoms with Crippen LogP contribution >= 0.6 is 27.3 Å². The lowest BCUT2D eigenvalue weighted by Gasteiger charge is -2.40. The van der Waals surface area contributed by atoms with Crippen molar-refractivity contribution in [3.8, 4) is 0 Å². The molecule has 0 radical (unpaired) electrons. The zero-order chi connectivity index (χ0) is 11.6. The number of thiophene rings is 1. The van der Waals surface area contributed by atoms with E-state index in [1.54, 1.807) is 0 Å². The van der Waals surface area contributed by atoms with Crippen LogP contribution in [0.3, 0.4) is 0 Å². The van der Waals surface area contributed by atoms with Crippen LogP contribution in [0.15, 0.2) is 9.85 Å². The van der Waals surface area contributed by atoms with Crippen molar-refractivity contribution in [2.24, 2.45) is 0 Å². The van der Waals surface area contributed by atoms with Crippen LogP contribution in [0.4, 0.5) is 0 Å². The van der Waals surface area contributed by atoms with Gasteiger partial charge in [0, 0.05) is 25.1 Å². The third kappa shape index (κ3) is 2.67. The Labute approximate surface area is 110 Å². The molecule has 1 aliphatic rings. The van der Waals surface area contributed by atoms with Gasteiger partial charge in [-0.15, -0.1) is 11.3 Å². The van der Waals surface area contributed by atoms with Gasteiger partial charge in [-0.3, -0.25) is 0 Å². The molecule has 1 fully saturated rings. The minimum absolute atomic E-state index is 0.129. The van der Waals surface area contributed by atoms with Gasteiger partial charge in [-0.05, 0) is 53.7 Å². The van der Waals surface area contributed by atoms with Crippen molar-refractivity contribution in [1.82, 2.24) is 5.32 Å². The first-order valence-electron chi connectivity index (χ1n) is 5.66. The molecule has 1 saturated carbocycles. The summed E-state index contributed by atoms with van der Waals surface area (Å²) in [6.07, 6.45) is 3.70. The fraction of sp³-hybridized carbons (Fsp3) is 0.667. The summed E-state index contributed by atoms with van der Waals surface area (Å²) in [7, 11) is 1.83. The average molecular weight is 304 g/mol. The quantitative estimate of drug-likeness (QED) is 0.899. The molecule has 0 aromatic carbocycles. The Balaban J connectivity index is 1.79. The van der Waals surface area contributed by atoms with Crippen LogP contribution in [0.2, 0.25) is 0 Å². The molecule has 1 aliphatic carbocycles. The molecule has 1 aromatic rings. The number of methoxy groups -OCH3 is 1. The first-order valence-corrected chi connectivity index (χ1v) is 7.27. The van der Waals surface area contributed by atoms with Gasteiger partial charge in [0.15, 0.2) is 0 Å². The third-order valence-electron chi connectivity index (χ3n) is 3.35. The van der Waals surface area contributed by atoms with E-state index in [2.05, 4.69) is 34.2 Å². The summed E-state index contributed by atoms with van der Waals surface area (Å²) in [5.74, 6) is 0. The Kier molecular flexibility index (Phi) is 4.06. The first-order chi connectivity index (χ1) is 7.65. The molecule has 0 bridgehead atoms. The van der Waals surface area contributed by atoms with E-state index < -0.39 is 0 Å². The summed E-state index contributed by atoms with van der Waals surface area (Å²) in [5, 5.41) is 3.50. The molecule has 0 atom stereocenters. The maximum absolute atomic E-state index is 5.57. The smallest absolute Gasteiger partial charge is 0.0802 e. The molecule has 1 aromatic heterocycles. The topological polar surface area (TPSA) is 21.3 Å². The lowest BCUT2D eigenvalue weighted by Crippen LogP contribution is -2.47. The molecule has 16 heavy (non-hydrogen) atoms. The fourth-order valence-corrected chi connectivity index (χ4v) is 3.65. The lowest BCUT2D eigenvalue weighted by atomic mass is 9.80. The Morgan fingerprint density at radius 3 is 2.75 bits per heavy atom. The molecule has 1 N–H and O–H groups in total. The molecule has 0 unspecified atom stereocenters. The van der Waals surface area contributed by atoms with Gasteiger partial charge in [-0.2, -0.15) is 0 Å². The summed E-state index contributed by atoms with van der Waals surface area (Å²) < 4.78 is 6.82. The summed E-state index contributed by atoms with van der Waals surface area (Å²) in [4.78, 5) is 1.38. The lowest BCUT2D eigenvalue weighted by molar-refractivity contribution is -0.0695. The number of aryl methyl sites for hydroxylation is 1. The highest BCUT2D eigenvalue weighted by molar-refractivity contribution is 9.11. The van der Waals surface area contributed by atoms with Gasteiger partial charge in [0.1, 0.15) is 0 Å². The zero-order valence-electron chi connectivity index (χ0n) is 9.81. The number of ether oxygens (including phenoxy) is 1. The normalized spacial score (nSPS) is 18.4. The van der Waals surface area contributed by atoms with Gasteiger partial charge in [0.25, 0.3) is 0 Å². The van der Waals surface area contributed by atoms with Crippen molar-refractivity contribution in [1.29, 1.82) is 0 Å². The predicted molar refractivity (Wildman–Crippen MR) is 72.1 cm³/mol. The molecule has 0 saturated heterocycles. The molecule has 2 rings (SSSR count). The van der Waals surface area contributed by atoms with Crippen LogP contribution in [0.1, 0.15) is 29.7 Å². The summed E-state index contributed by atoms with van der Waals surface area (Å²) >= 11 is 5.36. The minimum atomic E-state index is 0.129. The molecule has 2 nitrogen and oxygen atoms in total. The largest absolute Gasteiger partial charge is 0.377 e. The van der Waals surface area contributed by atoms with Gasteiger partial charge < -0.3 is 10.1 Å². The molecule has 90 valence electrons. The van der Waals surface area contributed by atoms with Crippen molar-refractivity contribution in [3.05, 3.63) is 20.3 Å². The minimum Gasteiger partial charge on any atom is -0.377 e. The highest BCUT2D eigenvalue weighted by atomic mass is 79.9. The first kappa shape index (κ1) is 12.6. The van der Waals surface area contributed by atoms with Crippen molar-refractivity contribution in [2.75, 3.05) is 13.7 Å². The van der Waals surface area contributed by atoms with E-state index >= 15 is 0 Å². The van der Waals surface area contributed by atoms with E-state index in [4.69, 9.17) is 4.74 Å². The van der Waals surface area contributed by atoms with Crippen LogP contribution in [0.5, 0.6) is 0 Å². The van der Waals surface area contributed by atoms with Crippen LogP contribution < -0.4 is 5.32 Å². The summed E-state index contributed by atoms with van der Waals surface area (Å²) in [6, 6.07) is 2.24. The van der Waals surface area contributed by atoms with E-state index in [1.807, 2.05) is 18.4 Å². The summed E-state index contributed by atoms with van der Waals surface area (Å²) in [6.45, 7) is 4.05. The zero-order valence-corrected chi connectivity index (χ0v) is 12.2. The van der Waals surface area contributed by atoms with Crippen molar-refractivity contribution >= 4 is 27.3 Å². The van der Waals surface area contributed by atoms with Crippen LogP contribution in [0, 0.1) is 6.92 Å². The Morgan fingerprint density at radius 1 is 1.56 bits per heavy atom. The van der Waals surface area contributed by atoms with Gasteiger partial charge in [0.05, 0.1) is 9.39 Å². The third-order valence-corrected chi connectivity index (χ3v) is 5.49. The number of halogens is 1. The fourth-order valence-electron chi connectivity index (χ4n) is 2.05. The molecular formula is C12H18BrNOS. The second-order valence-corrected chi connectivity index (χ2v) is 6.97. The predicted octanol–water partition coefficient (Wildman–Crippen LogP) is 3.48. The highest BCUT2D eigenvalue weighted by Crippen LogP contribution is 2.34. The van der Waals surface area contributed by atoms with Crippen molar-refractivity contribution in [2.45, 2.75) is 38.3 Å². The van der Waals surface area contributed by atoms with Crippen molar-refractivity contribution < 1.29 is 4.74 Å². The van der Waals surface area contributed by atoms with Gasteiger partial charge in [-0.25, -0.2) is 0 Å². The maximum Gasteiger partial charge on any atom is 0.0802 e. The van der Waals surface area contributed by atoms with E-state index in [0.717, 1.165) is 13.1 Å². The standard InChI is InChI=1S/C12H18BrNOS/c1-9-6-10(16-11(9)13)7-14-8-12(15-2)4-3-5-12/h6,14H,3-5,7-8H2,1-2H3. The second-order valence-electron chi connectivity index (χ2n) is 4.51. The summed E-state index contributed by atoms with van der Waals surface area (Å²) in [5.41, 5.74) is 1.45. The van der Waals surface area contributed by atoms with Gasteiger partial charge in [0.2, 0.25) is 0 Å². The van der Waals surface area contributed by atoms with Crippen LogP contribution in [-0.2, 0) is 11.3 Å². The Hall–Kier alpha value is 0.1000. The number of nitrogens with one attached hydrogen (secondary N) is 1. The SMILES string of the molecule is COC1(CNCc2cc(C)c(Br)s2)CCC1. The van der Waals surface area contributed by atoms with Gasteiger partial charge in [-0.1, -0.05) is 0 Å². The van der Waals surface area contributed by atoms with E-state index in [0.29, 0.717) is 0 Å². The molecule has 0 spiro atoms. The average Bonchev–Trinajstić information content (AvgIpc) is 2.51. The molecule has 0 aliphatic heterocycles. The van der Waals surface area contributed by atoms with Crippen molar-refractivity contribution in [3.63, 3.8) is 0 Å². The van der Waals surface area contributed by atoms with E-state index in [1.165, 1.54) is 33.5 Å². The van der Waals surface area contributed by atoms with E-state index in [9.17, 15) is 0 Å². The number of rotatable bonds is 5. The highest BCUT2D eigenvalue weighted by Gasteiger charge is 2.36. The molecule has 0 amide bonds. The van der Waals surface area contributed by atoms with Crippen LogP contribution in [0.25, 0.3) is 0 Å². The molecular weight excluding hydrogens is 286 g/mol. The Morgan fingerprint density at radius 2 is 2.31 bits per heavy atom. The molecule has 1 heterocycles. The monoisotopic (exact) mass is 303 g/mol.